The Labute approximate surface area is 86.3 Å². The van der Waals surface area contributed by atoms with Gasteiger partial charge in [0.25, 0.3) is 0 Å². The number of nitrogens with one attached hydrogen (secondary N) is 2. The molecule has 0 bridgehead atoms. The largest absolute Gasteiger partial charge is 0.365 e. The predicted molar refractivity (Wildman–Crippen MR) is 53.7 cm³/mol. The monoisotopic (exact) mass is 205 g/mol. The fraction of sp³-hybridized carbons (Fsp3) is 0. The Morgan fingerprint density at radius 1 is 1.00 bits per heavy atom. The highest BCUT2D eigenvalue weighted by molar-refractivity contribution is 4.72. The zero-order valence-corrected chi connectivity index (χ0v) is 7.95. The molecule has 3 rings (SSSR count). The normalized spacial score (nSPS) is 8.00. The van der Waals surface area contributed by atoms with Gasteiger partial charge in [-0.3, -0.25) is 5.10 Å². The molecule has 6 nitrogen and oxygen atoms in total. The average Bonchev–Trinajstić information content (AvgIpc) is 3.09. The Bertz CT molecular complexity index is 250. The highest BCUT2D eigenvalue weighted by Gasteiger charge is 1.60. The van der Waals surface area contributed by atoms with Gasteiger partial charge in [-0.2, -0.15) is 5.10 Å². The maximum absolute atomic E-state index is 4.33. The number of hydrogen-bond donors (Lipinski definition) is 2. The molecule has 0 aliphatic rings. The van der Waals surface area contributed by atoms with Crippen molar-refractivity contribution in [2.45, 2.75) is 0 Å². The van der Waals surface area contributed by atoms with Crippen molar-refractivity contribution < 1.29 is 4.52 Å². The Morgan fingerprint density at radius 2 is 2.00 bits per heavy atom. The summed E-state index contributed by atoms with van der Waals surface area (Å²) in [6.07, 6.45) is 11.6. The Hall–Kier alpha value is -2.37. The minimum Gasteiger partial charge on any atom is -0.365 e. The molecule has 6 heteroatoms. The lowest BCUT2D eigenvalue weighted by Gasteiger charge is -1.49. The summed E-state index contributed by atoms with van der Waals surface area (Å²) in [6.45, 7) is 0. The second kappa shape index (κ2) is 8.24. The van der Waals surface area contributed by atoms with Crippen molar-refractivity contribution in [2.75, 3.05) is 0 Å². The lowest BCUT2D eigenvalue weighted by Crippen LogP contribution is -1.53. The van der Waals surface area contributed by atoms with Crippen LogP contribution in [0.3, 0.4) is 0 Å². The predicted octanol–water partition coefficient (Wildman–Crippen LogP) is 1.49. The molecule has 0 unspecified atom stereocenters. The van der Waals surface area contributed by atoms with E-state index in [1.165, 1.54) is 6.26 Å². The average molecular weight is 205 g/mol. The van der Waals surface area contributed by atoms with Crippen LogP contribution in [0.15, 0.2) is 60.2 Å². The van der Waals surface area contributed by atoms with Crippen molar-refractivity contribution in [1.29, 1.82) is 0 Å². The van der Waals surface area contributed by atoms with Crippen molar-refractivity contribution in [3.63, 3.8) is 0 Å². The van der Waals surface area contributed by atoms with Crippen molar-refractivity contribution in [3.05, 3.63) is 55.7 Å². The SMILES string of the molecule is c1c[nH]cn1.c1cn[nH]c1.c1cnoc1. The van der Waals surface area contributed by atoms with Gasteiger partial charge in [-0.05, 0) is 12.1 Å². The van der Waals surface area contributed by atoms with Gasteiger partial charge < -0.3 is 9.51 Å². The van der Waals surface area contributed by atoms with Crippen LogP contribution in [-0.4, -0.2) is 25.3 Å². The van der Waals surface area contributed by atoms with E-state index in [0.717, 1.165) is 0 Å². The summed E-state index contributed by atoms with van der Waals surface area (Å²) in [5, 5.41) is 9.56. The number of nitrogens with zero attached hydrogens (tertiary/aromatic N) is 3. The number of imidazole rings is 1. The van der Waals surface area contributed by atoms with Gasteiger partial charge in [0.2, 0.25) is 0 Å². The van der Waals surface area contributed by atoms with E-state index < -0.39 is 0 Å². The molecule has 0 saturated carbocycles. The molecular weight excluding hydrogens is 194 g/mol. The summed E-state index contributed by atoms with van der Waals surface area (Å²) in [5.74, 6) is 0. The van der Waals surface area contributed by atoms with Crippen LogP contribution in [0.25, 0.3) is 0 Å². The van der Waals surface area contributed by atoms with Gasteiger partial charge in [0.1, 0.15) is 6.26 Å². The van der Waals surface area contributed by atoms with Gasteiger partial charge in [0.05, 0.1) is 12.5 Å². The zero-order chi connectivity index (χ0) is 10.6. The van der Waals surface area contributed by atoms with E-state index >= 15 is 0 Å². The van der Waals surface area contributed by atoms with Gasteiger partial charge in [-0.25, -0.2) is 4.98 Å². The second-order valence-electron chi connectivity index (χ2n) is 2.22. The Morgan fingerprint density at radius 3 is 2.20 bits per heavy atom. The molecule has 2 N–H and O–H groups in total. The molecule has 0 atom stereocenters. The molecule has 0 aliphatic carbocycles. The quantitative estimate of drug-likeness (QED) is 0.582. The van der Waals surface area contributed by atoms with E-state index in [2.05, 4.69) is 29.8 Å². The smallest absolute Gasteiger partial charge is 0.123 e. The number of aromatic amines is 2. The van der Waals surface area contributed by atoms with Crippen LogP contribution in [0.4, 0.5) is 0 Å². The maximum Gasteiger partial charge on any atom is 0.123 e. The van der Waals surface area contributed by atoms with E-state index in [0.29, 0.717) is 0 Å². The Kier molecular flexibility index (Phi) is 5.88. The van der Waals surface area contributed by atoms with Crippen molar-refractivity contribution in [3.8, 4) is 0 Å². The molecule has 0 spiro atoms. The first kappa shape index (κ1) is 10.7. The molecule has 0 radical (unpaired) electrons. The van der Waals surface area contributed by atoms with Crippen molar-refractivity contribution >= 4 is 0 Å². The molecule has 3 aromatic heterocycles. The van der Waals surface area contributed by atoms with E-state index in [-0.39, 0.29) is 0 Å². The number of hydrogen-bond acceptors (Lipinski definition) is 4. The lowest BCUT2D eigenvalue weighted by molar-refractivity contribution is 0.420. The Balaban J connectivity index is 0.000000112. The summed E-state index contributed by atoms with van der Waals surface area (Å²) >= 11 is 0. The van der Waals surface area contributed by atoms with Crippen LogP contribution < -0.4 is 0 Å². The highest BCUT2D eigenvalue weighted by atomic mass is 16.5. The van der Waals surface area contributed by atoms with Gasteiger partial charge in [0, 0.05) is 24.8 Å². The molecule has 15 heavy (non-hydrogen) atoms. The molecule has 3 aromatic rings. The van der Waals surface area contributed by atoms with E-state index in [4.69, 9.17) is 0 Å². The topological polar surface area (TPSA) is 83.4 Å². The number of rotatable bonds is 0. The van der Waals surface area contributed by atoms with Crippen LogP contribution in [0.2, 0.25) is 0 Å². The van der Waals surface area contributed by atoms with Gasteiger partial charge in [0.15, 0.2) is 0 Å². The van der Waals surface area contributed by atoms with Gasteiger partial charge in [-0.1, -0.05) is 5.16 Å². The summed E-state index contributed by atoms with van der Waals surface area (Å²) in [7, 11) is 0. The van der Waals surface area contributed by atoms with Crippen LogP contribution in [-0.2, 0) is 0 Å². The molecule has 0 aliphatic heterocycles. The molecule has 0 amide bonds. The number of H-pyrrole nitrogens is 2. The van der Waals surface area contributed by atoms with E-state index in [1.807, 2.05) is 6.07 Å². The van der Waals surface area contributed by atoms with E-state index in [1.54, 1.807) is 43.4 Å². The molecule has 78 valence electrons. The summed E-state index contributed by atoms with van der Waals surface area (Å²) in [5.41, 5.74) is 0. The standard InChI is InChI=1S/2C3H4N2.C3H3NO/c1-2-5-3-4-1;2*1-2-4-5-3-1/h2*1-3H,(H,4,5);1-3H. The van der Waals surface area contributed by atoms with Gasteiger partial charge >= 0.3 is 0 Å². The first-order valence-corrected chi connectivity index (χ1v) is 4.21. The molecule has 0 fully saturated rings. The lowest BCUT2D eigenvalue weighted by atomic mass is 10.8. The summed E-state index contributed by atoms with van der Waals surface area (Å²) < 4.78 is 4.33. The zero-order valence-electron chi connectivity index (χ0n) is 7.95. The van der Waals surface area contributed by atoms with Crippen molar-refractivity contribution in [1.82, 2.24) is 25.3 Å². The molecule has 0 saturated heterocycles. The molecule has 0 aromatic carbocycles. The van der Waals surface area contributed by atoms with Crippen LogP contribution in [0, 0.1) is 0 Å². The molecular formula is C9H11N5O. The third kappa shape index (κ3) is 6.76. The number of aromatic nitrogens is 5. The fourth-order valence-electron chi connectivity index (χ4n) is 0.606. The second-order valence-corrected chi connectivity index (χ2v) is 2.22. The summed E-state index contributed by atoms with van der Waals surface area (Å²) in [6, 6.07) is 3.56. The maximum atomic E-state index is 4.33. The minimum atomic E-state index is 1.51. The third-order valence-electron chi connectivity index (χ3n) is 1.16. The first-order valence-electron chi connectivity index (χ1n) is 4.21. The fourth-order valence-corrected chi connectivity index (χ4v) is 0.606. The van der Waals surface area contributed by atoms with Crippen molar-refractivity contribution in [2.24, 2.45) is 0 Å². The highest BCUT2D eigenvalue weighted by Crippen LogP contribution is 1.72. The van der Waals surface area contributed by atoms with Crippen LogP contribution in [0.5, 0.6) is 0 Å². The van der Waals surface area contributed by atoms with Crippen LogP contribution in [0.1, 0.15) is 0 Å². The van der Waals surface area contributed by atoms with E-state index in [9.17, 15) is 0 Å². The van der Waals surface area contributed by atoms with Gasteiger partial charge in [-0.15, -0.1) is 0 Å². The van der Waals surface area contributed by atoms with Crippen LogP contribution >= 0.6 is 0 Å². The minimum absolute atomic E-state index is 1.51. The molecule has 3 heterocycles. The third-order valence-corrected chi connectivity index (χ3v) is 1.16. The first-order chi connectivity index (χ1) is 7.50. The summed E-state index contributed by atoms with van der Waals surface area (Å²) in [4.78, 5) is 6.42.